The quantitative estimate of drug-likeness (QED) is 0.784. The Morgan fingerprint density at radius 1 is 1.35 bits per heavy atom. The molecule has 0 bridgehead atoms. The minimum absolute atomic E-state index is 0.133. The highest BCUT2D eigenvalue weighted by atomic mass is 32.1. The lowest BCUT2D eigenvalue weighted by atomic mass is 9.94. The molecule has 1 heterocycles. The van der Waals surface area contributed by atoms with Crippen molar-refractivity contribution in [3.05, 3.63) is 40.9 Å². The molecule has 0 saturated carbocycles. The Balaban J connectivity index is 2.10. The van der Waals surface area contributed by atoms with Crippen LogP contribution in [0.25, 0.3) is 0 Å². The molecule has 4 nitrogen and oxygen atoms in total. The van der Waals surface area contributed by atoms with Crippen molar-refractivity contribution >= 4 is 28.1 Å². The van der Waals surface area contributed by atoms with Crippen molar-refractivity contribution in [1.82, 2.24) is 4.98 Å². The maximum atomic E-state index is 12.5. The number of nitrogens with one attached hydrogen (secondary N) is 1. The van der Waals surface area contributed by atoms with Gasteiger partial charge >= 0.3 is 12.1 Å². The standard InChI is InChI=1S/C15H15F3N2O2S/c1-2-3-11(13(21)22)9-4-6-10(7-5-9)19-14-20-12(8-23-14)15(16,17)18/h4-8,11H,2-3H2,1H3,(H,19,20)(H,21,22). The number of rotatable bonds is 6. The molecule has 1 atom stereocenters. The van der Waals surface area contributed by atoms with E-state index in [-0.39, 0.29) is 5.13 Å². The summed E-state index contributed by atoms with van der Waals surface area (Å²) in [4.78, 5) is 14.7. The van der Waals surface area contributed by atoms with Gasteiger partial charge in [0.1, 0.15) is 0 Å². The van der Waals surface area contributed by atoms with E-state index < -0.39 is 23.8 Å². The minimum atomic E-state index is -4.46. The fraction of sp³-hybridized carbons (Fsp3) is 0.333. The normalized spacial score (nSPS) is 12.9. The zero-order valence-corrected chi connectivity index (χ0v) is 13.0. The number of thiazole rings is 1. The Labute approximate surface area is 135 Å². The van der Waals surface area contributed by atoms with Crippen LogP contribution in [0.2, 0.25) is 0 Å². The summed E-state index contributed by atoms with van der Waals surface area (Å²) >= 11 is 0.858. The van der Waals surface area contributed by atoms with E-state index in [9.17, 15) is 23.1 Å². The van der Waals surface area contributed by atoms with Crippen LogP contribution in [0, 0.1) is 0 Å². The number of benzene rings is 1. The van der Waals surface area contributed by atoms with Crippen molar-refractivity contribution in [2.75, 3.05) is 5.32 Å². The van der Waals surface area contributed by atoms with Gasteiger partial charge in [-0.2, -0.15) is 13.2 Å². The summed E-state index contributed by atoms with van der Waals surface area (Å²) in [6.07, 6.45) is -3.19. The second kappa shape index (κ2) is 6.99. The number of nitrogens with zero attached hydrogens (tertiary/aromatic N) is 1. The van der Waals surface area contributed by atoms with Crippen molar-refractivity contribution in [3.63, 3.8) is 0 Å². The SMILES string of the molecule is CCCC(C(=O)O)c1ccc(Nc2nc(C(F)(F)F)cs2)cc1. The number of aliphatic carboxylic acids is 1. The second-order valence-corrected chi connectivity index (χ2v) is 5.82. The number of hydrogen-bond acceptors (Lipinski definition) is 4. The lowest BCUT2D eigenvalue weighted by Crippen LogP contribution is -2.11. The largest absolute Gasteiger partial charge is 0.481 e. The van der Waals surface area contributed by atoms with Gasteiger partial charge in [0.05, 0.1) is 5.92 Å². The van der Waals surface area contributed by atoms with Crippen LogP contribution < -0.4 is 5.32 Å². The first-order valence-electron chi connectivity index (χ1n) is 6.93. The molecule has 1 unspecified atom stereocenters. The van der Waals surface area contributed by atoms with Crippen LogP contribution in [0.1, 0.15) is 36.9 Å². The fourth-order valence-electron chi connectivity index (χ4n) is 2.10. The Kier molecular flexibility index (Phi) is 5.25. The first-order valence-corrected chi connectivity index (χ1v) is 7.81. The van der Waals surface area contributed by atoms with E-state index in [1.165, 1.54) is 0 Å². The van der Waals surface area contributed by atoms with Gasteiger partial charge in [-0.1, -0.05) is 25.5 Å². The molecule has 0 saturated heterocycles. The molecular formula is C15H15F3N2O2S. The molecule has 2 aromatic rings. The van der Waals surface area contributed by atoms with Gasteiger partial charge in [0.25, 0.3) is 0 Å². The lowest BCUT2D eigenvalue weighted by molar-refractivity contribution is -0.141. The number of carboxylic acids is 1. The van der Waals surface area contributed by atoms with Crippen molar-refractivity contribution in [2.45, 2.75) is 31.9 Å². The van der Waals surface area contributed by atoms with Gasteiger partial charge in [-0.05, 0) is 24.1 Å². The molecule has 0 amide bonds. The number of carboxylic acid groups (broad SMARTS) is 1. The molecule has 1 aromatic carbocycles. The summed E-state index contributed by atoms with van der Waals surface area (Å²) in [5.74, 6) is -1.46. The second-order valence-electron chi connectivity index (χ2n) is 4.96. The van der Waals surface area contributed by atoms with E-state index in [0.717, 1.165) is 23.1 Å². The maximum Gasteiger partial charge on any atom is 0.434 e. The van der Waals surface area contributed by atoms with Gasteiger partial charge in [0.15, 0.2) is 10.8 Å². The minimum Gasteiger partial charge on any atom is -0.481 e. The van der Waals surface area contributed by atoms with E-state index in [0.29, 0.717) is 17.7 Å². The number of aromatic nitrogens is 1. The van der Waals surface area contributed by atoms with Crippen molar-refractivity contribution in [1.29, 1.82) is 0 Å². The molecule has 2 rings (SSSR count). The van der Waals surface area contributed by atoms with Crippen LogP contribution in [-0.2, 0) is 11.0 Å². The first-order chi connectivity index (χ1) is 10.8. The molecule has 124 valence electrons. The fourth-order valence-corrected chi connectivity index (χ4v) is 2.84. The number of carbonyl (C=O) groups is 1. The van der Waals surface area contributed by atoms with Gasteiger partial charge in [-0.15, -0.1) is 11.3 Å². The van der Waals surface area contributed by atoms with E-state index in [1.807, 2.05) is 6.92 Å². The molecule has 0 aliphatic heterocycles. The zero-order valence-electron chi connectivity index (χ0n) is 12.2. The van der Waals surface area contributed by atoms with Crippen LogP contribution in [0.15, 0.2) is 29.6 Å². The topological polar surface area (TPSA) is 62.2 Å². The molecule has 0 aliphatic carbocycles. The summed E-state index contributed by atoms with van der Waals surface area (Å²) in [5.41, 5.74) is 0.285. The summed E-state index contributed by atoms with van der Waals surface area (Å²) < 4.78 is 37.5. The number of alkyl halides is 3. The summed E-state index contributed by atoms with van der Waals surface area (Å²) in [6.45, 7) is 1.91. The van der Waals surface area contributed by atoms with Gasteiger partial charge in [-0.3, -0.25) is 4.79 Å². The van der Waals surface area contributed by atoms with Gasteiger partial charge in [-0.25, -0.2) is 4.98 Å². The van der Waals surface area contributed by atoms with Gasteiger partial charge < -0.3 is 10.4 Å². The van der Waals surface area contributed by atoms with Crippen LogP contribution in [0.4, 0.5) is 24.0 Å². The summed E-state index contributed by atoms with van der Waals surface area (Å²) in [5, 5.41) is 13.1. The van der Waals surface area contributed by atoms with E-state index in [1.54, 1.807) is 24.3 Å². The Bertz CT molecular complexity index is 668. The van der Waals surface area contributed by atoms with Crippen molar-refractivity contribution in [3.8, 4) is 0 Å². The molecular weight excluding hydrogens is 329 g/mol. The van der Waals surface area contributed by atoms with Gasteiger partial charge in [0, 0.05) is 11.1 Å². The predicted molar refractivity (Wildman–Crippen MR) is 82.1 cm³/mol. The molecule has 0 aliphatic rings. The van der Waals surface area contributed by atoms with Crippen molar-refractivity contribution < 1.29 is 23.1 Å². The Hall–Kier alpha value is -2.09. The third-order valence-electron chi connectivity index (χ3n) is 3.23. The highest BCUT2D eigenvalue weighted by Gasteiger charge is 2.33. The van der Waals surface area contributed by atoms with Crippen LogP contribution in [-0.4, -0.2) is 16.1 Å². The smallest absolute Gasteiger partial charge is 0.434 e. The first kappa shape index (κ1) is 17.3. The lowest BCUT2D eigenvalue weighted by Gasteiger charge is -2.12. The monoisotopic (exact) mass is 344 g/mol. The average Bonchev–Trinajstić information content (AvgIpc) is 2.94. The molecule has 2 N–H and O–H groups in total. The van der Waals surface area contributed by atoms with Gasteiger partial charge in [0.2, 0.25) is 0 Å². The number of anilines is 2. The molecule has 23 heavy (non-hydrogen) atoms. The van der Waals surface area contributed by atoms with Crippen LogP contribution >= 0.6 is 11.3 Å². The summed E-state index contributed by atoms with van der Waals surface area (Å²) in [6, 6.07) is 6.59. The zero-order chi connectivity index (χ0) is 17.0. The van der Waals surface area contributed by atoms with Crippen molar-refractivity contribution in [2.24, 2.45) is 0 Å². The van der Waals surface area contributed by atoms with Crippen LogP contribution in [0.3, 0.4) is 0 Å². The summed E-state index contributed by atoms with van der Waals surface area (Å²) in [7, 11) is 0. The highest BCUT2D eigenvalue weighted by molar-refractivity contribution is 7.13. The Morgan fingerprint density at radius 2 is 2.00 bits per heavy atom. The third-order valence-corrected chi connectivity index (χ3v) is 3.99. The third kappa shape index (κ3) is 4.44. The van der Waals surface area contributed by atoms with E-state index in [4.69, 9.17) is 0 Å². The molecule has 0 fully saturated rings. The molecule has 0 radical (unpaired) electrons. The Morgan fingerprint density at radius 3 is 2.48 bits per heavy atom. The molecule has 1 aromatic heterocycles. The molecule has 0 spiro atoms. The number of halogens is 3. The maximum absolute atomic E-state index is 12.5. The highest BCUT2D eigenvalue weighted by Crippen LogP contribution is 2.33. The van der Waals surface area contributed by atoms with Crippen LogP contribution in [0.5, 0.6) is 0 Å². The average molecular weight is 344 g/mol. The molecule has 8 heteroatoms. The van der Waals surface area contributed by atoms with E-state index in [2.05, 4.69) is 10.3 Å². The number of hydrogen-bond donors (Lipinski definition) is 2. The van der Waals surface area contributed by atoms with E-state index >= 15 is 0 Å². The predicted octanol–water partition coefficient (Wildman–Crippen LogP) is 4.87.